The highest BCUT2D eigenvalue weighted by atomic mass is 32.2. The van der Waals surface area contributed by atoms with Gasteiger partial charge in [-0.3, -0.25) is 0 Å². The molecule has 2 aliphatic rings. The van der Waals surface area contributed by atoms with Crippen LogP contribution in [-0.4, -0.2) is 48.1 Å². The maximum Gasteiger partial charge on any atom is 0.318 e. The molecular weight excluding hydrogens is 340 g/mol. The van der Waals surface area contributed by atoms with Crippen molar-refractivity contribution in [2.24, 2.45) is 0 Å². The number of benzene rings is 1. The van der Waals surface area contributed by atoms with E-state index in [1.807, 2.05) is 11.0 Å². The van der Waals surface area contributed by atoms with Crippen LogP contribution in [0.5, 0.6) is 0 Å². The lowest BCUT2D eigenvalue weighted by Gasteiger charge is -2.37. The number of hydrogen-bond acceptors (Lipinski definition) is 6. The van der Waals surface area contributed by atoms with Crippen molar-refractivity contribution in [2.45, 2.75) is 49.6 Å². The Labute approximate surface area is 147 Å². The summed E-state index contributed by atoms with van der Waals surface area (Å²) < 4.78 is 33.5. The standard InChI is InChI=1S/C17H22N4O3S/c1-13-18-19-17(24-13)20-11-9-15(10-12-20)21(14-7-8-14)25(22,23)16-5-3-2-4-6-16/h2-6,14-15H,7-12H2,1H3. The first-order valence-electron chi connectivity index (χ1n) is 8.69. The fourth-order valence-corrected chi connectivity index (χ4v) is 5.41. The maximum absolute atomic E-state index is 13.1. The summed E-state index contributed by atoms with van der Waals surface area (Å²) in [7, 11) is -3.45. The third-order valence-corrected chi connectivity index (χ3v) is 6.85. The molecule has 25 heavy (non-hydrogen) atoms. The summed E-state index contributed by atoms with van der Waals surface area (Å²) in [5.74, 6) is 0.545. The third-order valence-electron chi connectivity index (χ3n) is 4.84. The zero-order valence-electron chi connectivity index (χ0n) is 14.2. The number of rotatable bonds is 5. The number of aromatic nitrogens is 2. The minimum atomic E-state index is -3.45. The average Bonchev–Trinajstić information content (AvgIpc) is 3.35. The molecule has 2 heterocycles. The van der Waals surface area contributed by atoms with Crippen LogP contribution in [0.2, 0.25) is 0 Å². The first kappa shape index (κ1) is 16.5. The predicted molar refractivity (Wildman–Crippen MR) is 92.8 cm³/mol. The highest BCUT2D eigenvalue weighted by Crippen LogP contribution is 2.37. The van der Waals surface area contributed by atoms with Gasteiger partial charge in [0.2, 0.25) is 15.9 Å². The van der Waals surface area contributed by atoms with Crippen molar-refractivity contribution < 1.29 is 12.8 Å². The van der Waals surface area contributed by atoms with Crippen molar-refractivity contribution in [1.29, 1.82) is 0 Å². The zero-order valence-corrected chi connectivity index (χ0v) is 15.0. The molecule has 1 saturated heterocycles. The summed E-state index contributed by atoms with van der Waals surface area (Å²) in [6.07, 6.45) is 3.44. The summed E-state index contributed by atoms with van der Waals surface area (Å²) in [6.45, 7) is 3.21. The Morgan fingerprint density at radius 2 is 1.68 bits per heavy atom. The fraction of sp³-hybridized carbons (Fsp3) is 0.529. The van der Waals surface area contributed by atoms with Crippen LogP contribution >= 0.6 is 0 Å². The van der Waals surface area contributed by atoms with Gasteiger partial charge < -0.3 is 9.32 Å². The molecule has 0 amide bonds. The number of anilines is 1. The van der Waals surface area contributed by atoms with E-state index in [0.29, 0.717) is 16.8 Å². The summed E-state index contributed by atoms with van der Waals surface area (Å²) in [5.41, 5.74) is 0. The molecule has 0 atom stereocenters. The lowest BCUT2D eigenvalue weighted by molar-refractivity contribution is 0.263. The van der Waals surface area contributed by atoms with Crippen LogP contribution in [0.1, 0.15) is 31.6 Å². The second-order valence-electron chi connectivity index (χ2n) is 6.70. The second-order valence-corrected chi connectivity index (χ2v) is 8.54. The normalized spacial score (nSPS) is 19.5. The van der Waals surface area contributed by atoms with E-state index in [4.69, 9.17) is 4.42 Å². The maximum atomic E-state index is 13.1. The van der Waals surface area contributed by atoms with E-state index in [9.17, 15) is 8.42 Å². The van der Waals surface area contributed by atoms with Crippen LogP contribution < -0.4 is 4.90 Å². The molecule has 0 unspecified atom stereocenters. The van der Waals surface area contributed by atoms with Gasteiger partial charge in [0.1, 0.15) is 0 Å². The van der Waals surface area contributed by atoms with Crippen LogP contribution in [0.4, 0.5) is 6.01 Å². The molecule has 0 spiro atoms. The number of nitrogens with zero attached hydrogens (tertiary/aromatic N) is 4. The molecule has 4 rings (SSSR count). The Bertz CT molecular complexity index is 825. The van der Waals surface area contributed by atoms with Crippen molar-refractivity contribution in [3.63, 3.8) is 0 Å². The Balaban J connectivity index is 1.51. The van der Waals surface area contributed by atoms with Gasteiger partial charge in [-0.15, -0.1) is 5.10 Å². The lowest BCUT2D eigenvalue weighted by atomic mass is 10.1. The second kappa shape index (κ2) is 6.42. The van der Waals surface area contributed by atoms with Crippen LogP contribution in [-0.2, 0) is 10.0 Å². The van der Waals surface area contributed by atoms with E-state index in [-0.39, 0.29) is 12.1 Å². The molecule has 7 nitrogen and oxygen atoms in total. The quantitative estimate of drug-likeness (QED) is 0.811. The number of piperidine rings is 1. The number of hydrogen-bond donors (Lipinski definition) is 0. The van der Waals surface area contributed by atoms with Gasteiger partial charge in [0.25, 0.3) is 0 Å². The Morgan fingerprint density at radius 1 is 1.04 bits per heavy atom. The van der Waals surface area contributed by atoms with Gasteiger partial charge in [0.15, 0.2) is 0 Å². The molecule has 0 N–H and O–H groups in total. The monoisotopic (exact) mass is 362 g/mol. The van der Waals surface area contributed by atoms with Crippen LogP contribution in [0, 0.1) is 6.92 Å². The van der Waals surface area contributed by atoms with Crippen molar-refractivity contribution in [3.05, 3.63) is 36.2 Å². The predicted octanol–water partition coefficient (Wildman–Crippen LogP) is 2.20. The minimum Gasteiger partial charge on any atom is -0.408 e. The molecular formula is C17H22N4O3S. The molecule has 134 valence electrons. The summed E-state index contributed by atoms with van der Waals surface area (Å²) in [4.78, 5) is 2.42. The molecule has 8 heteroatoms. The molecule has 1 aromatic heterocycles. The van der Waals surface area contributed by atoms with Crippen molar-refractivity contribution in [1.82, 2.24) is 14.5 Å². The first-order chi connectivity index (χ1) is 12.1. The van der Waals surface area contributed by atoms with Gasteiger partial charge >= 0.3 is 6.01 Å². The van der Waals surface area contributed by atoms with Gasteiger partial charge in [-0.1, -0.05) is 23.3 Å². The van der Waals surface area contributed by atoms with E-state index in [2.05, 4.69) is 10.2 Å². The molecule has 2 fully saturated rings. The molecule has 0 bridgehead atoms. The van der Waals surface area contributed by atoms with E-state index in [1.54, 1.807) is 35.5 Å². The lowest BCUT2D eigenvalue weighted by Crippen LogP contribution is -2.48. The average molecular weight is 362 g/mol. The molecule has 1 aromatic carbocycles. The molecule has 1 aliphatic carbocycles. The highest BCUT2D eigenvalue weighted by Gasteiger charge is 2.43. The number of sulfonamides is 1. The summed E-state index contributed by atoms with van der Waals surface area (Å²) in [6, 6.07) is 9.45. The summed E-state index contributed by atoms with van der Waals surface area (Å²) >= 11 is 0. The minimum absolute atomic E-state index is 0.0259. The Kier molecular flexibility index (Phi) is 4.24. The topological polar surface area (TPSA) is 79.5 Å². The number of aryl methyl sites for hydroxylation is 1. The van der Waals surface area contributed by atoms with Crippen LogP contribution in [0.15, 0.2) is 39.6 Å². The molecule has 1 aliphatic heterocycles. The molecule has 0 radical (unpaired) electrons. The van der Waals surface area contributed by atoms with E-state index in [1.165, 1.54) is 0 Å². The van der Waals surface area contributed by atoms with Crippen LogP contribution in [0.3, 0.4) is 0 Å². The smallest absolute Gasteiger partial charge is 0.318 e. The van der Waals surface area contributed by atoms with Gasteiger partial charge in [0.05, 0.1) is 4.90 Å². The fourth-order valence-electron chi connectivity index (χ4n) is 3.46. The van der Waals surface area contributed by atoms with Crippen molar-refractivity contribution >= 4 is 16.0 Å². The zero-order chi connectivity index (χ0) is 17.4. The Hall–Kier alpha value is -1.93. The van der Waals surface area contributed by atoms with Gasteiger partial charge in [0, 0.05) is 32.1 Å². The van der Waals surface area contributed by atoms with Gasteiger partial charge in [-0.2, -0.15) is 4.31 Å². The van der Waals surface area contributed by atoms with E-state index in [0.717, 1.165) is 38.8 Å². The van der Waals surface area contributed by atoms with Crippen molar-refractivity contribution in [3.8, 4) is 0 Å². The summed E-state index contributed by atoms with van der Waals surface area (Å²) in [5, 5.41) is 7.93. The third kappa shape index (κ3) is 3.28. The van der Waals surface area contributed by atoms with Crippen molar-refractivity contribution in [2.75, 3.05) is 18.0 Å². The Morgan fingerprint density at radius 3 is 2.24 bits per heavy atom. The SMILES string of the molecule is Cc1nnc(N2CCC(N(C3CC3)S(=O)(=O)c3ccccc3)CC2)o1. The molecule has 1 saturated carbocycles. The van der Waals surface area contributed by atoms with Gasteiger partial charge in [-0.25, -0.2) is 8.42 Å². The largest absolute Gasteiger partial charge is 0.408 e. The van der Waals surface area contributed by atoms with E-state index < -0.39 is 10.0 Å². The first-order valence-corrected chi connectivity index (χ1v) is 10.1. The van der Waals surface area contributed by atoms with E-state index >= 15 is 0 Å². The van der Waals surface area contributed by atoms with Gasteiger partial charge in [-0.05, 0) is 37.8 Å². The molecule has 2 aromatic rings. The highest BCUT2D eigenvalue weighted by molar-refractivity contribution is 7.89. The van der Waals surface area contributed by atoms with Crippen LogP contribution in [0.25, 0.3) is 0 Å².